The van der Waals surface area contributed by atoms with E-state index in [0.717, 1.165) is 17.5 Å². The van der Waals surface area contributed by atoms with Crippen LogP contribution in [0.1, 0.15) is 21.5 Å². The first-order valence-corrected chi connectivity index (χ1v) is 6.97. The monoisotopic (exact) mass is 306 g/mol. The summed E-state index contributed by atoms with van der Waals surface area (Å²) in [5.41, 5.74) is 7.61. The van der Waals surface area contributed by atoms with Gasteiger partial charge in [0.05, 0.1) is 5.02 Å². The van der Waals surface area contributed by atoms with Crippen LogP contribution in [-0.2, 0) is 13.0 Å². The normalized spacial score (nSPS) is 10.6. The van der Waals surface area contributed by atoms with Gasteiger partial charge in [-0.3, -0.25) is 4.79 Å². The number of hydrogen-bond acceptors (Lipinski definition) is 2. The number of halogens is 2. The molecule has 21 heavy (non-hydrogen) atoms. The number of nitrogens with two attached hydrogens (primary N) is 1. The first kappa shape index (κ1) is 15.5. The van der Waals surface area contributed by atoms with Gasteiger partial charge in [0.25, 0.3) is 0 Å². The van der Waals surface area contributed by atoms with Crippen LogP contribution in [0.15, 0.2) is 42.5 Å². The molecule has 2 aromatic rings. The van der Waals surface area contributed by atoms with Crippen LogP contribution in [0.3, 0.4) is 0 Å². The molecule has 0 aromatic heterocycles. The van der Waals surface area contributed by atoms with E-state index in [1.165, 1.54) is 6.07 Å². The second-order valence-electron chi connectivity index (χ2n) is 4.74. The molecule has 2 aromatic carbocycles. The molecule has 0 aliphatic carbocycles. The lowest BCUT2D eigenvalue weighted by molar-refractivity contribution is 0.1000. The molecule has 110 valence electrons. The van der Waals surface area contributed by atoms with Gasteiger partial charge in [-0.05, 0) is 48.4 Å². The molecule has 0 atom stereocenters. The molecular formula is C16H16ClFN2O. The van der Waals surface area contributed by atoms with Gasteiger partial charge in [-0.1, -0.05) is 29.8 Å². The topological polar surface area (TPSA) is 55.1 Å². The highest BCUT2D eigenvalue weighted by Gasteiger charge is 2.02. The maximum atomic E-state index is 13.3. The number of nitrogens with one attached hydrogen (secondary N) is 1. The zero-order valence-corrected chi connectivity index (χ0v) is 12.2. The van der Waals surface area contributed by atoms with Crippen LogP contribution in [0.4, 0.5) is 4.39 Å². The summed E-state index contributed by atoms with van der Waals surface area (Å²) in [6.45, 7) is 1.27. The Morgan fingerprint density at radius 1 is 1.19 bits per heavy atom. The minimum atomic E-state index is -0.429. The van der Waals surface area contributed by atoms with Gasteiger partial charge < -0.3 is 11.1 Å². The van der Waals surface area contributed by atoms with E-state index in [-0.39, 0.29) is 5.02 Å². The number of hydrogen-bond donors (Lipinski definition) is 2. The van der Waals surface area contributed by atoms with Gasteiger partial charge in [-0.2, -0.15) is 0 Å². The Labute approximate surface area is 127 Å². The molecule has 0 saturated heterocycles. The fourth-order valence-electron chi connectivity index (χ4n) is 2.00. The minimum absolute atomic E-state index is 0.127. The number of primary amides is 1. The van der Waals surface area contributed by atoms with Crippen molar-refractivity contribution in [3.8, 4) is 0 Å². The molecule has 3 N–H and O–H groups in total. The second kappa shape index (κ2) is 7.20. The Balaban J connectivity index is 1.83. The average molecular weight is 307 g/mol. The Morgan fingerprint density at radius 2 is 2.00 bits per heavy atom. The van der Waals surface area contributed by atoms with E-state index >= 15 is 0 Å². The van der Waals surface area contributed by atoms with Gasteiger partial charge in [-0.25, -0.2) is 4.39 Å². The van der Waals surface area contributed by atoms with Crippen molar-refractivity contribution in [2.24, 2.45) is 5.73 Å². The van der Waals surface area contributed by atoms with Crippen molar-refractivity contribution in [1.29, 1.82) is 0 Å². The van der Waals surface area contributed by atoms with E-state index in [0.29, 0.717) is 18.7 Å². The number of rotatable bonds is 6. The maximum absolute atomic E-state index is 13.3. The standard InChI is InChI=1S/C16H16ClFN2O/c17-14-5-4-12(9-15(14)18)10-20-7-6-11-2-1-3-13(8-11)16(19)21/h1-5,8-9,20H,6-7,10H2,(H2,19,21). The van der Waals surface area contributed by atoms with Gasteiger partial charge in [0.2, 0.25) is 5.91 Å². The molecular weight excluding hydrogens is 291 g/mol. The molecule has 2 rings (SSSR count). The number of carbonyl (C=O) groups is 1. The Kier molecular flexibility index (Phi) is 5.31. The second-order valence-corrected chi connectivity index (χ2v) is 5.15. The predicted molar refractivity (Wildman–Crippen MR) is 81.8 cm³/mol. The first-order valence-electron chi connectivity index (χ1n) is 6.59. The summed E-state index contributed by atoms with van der Waals surface area (Å²) in [7, 11) is 0. The summed E-state index contributed by atoms with van der Waals surface area (Å²) in [6, 6.07) is 12.0. The van der Waals surface area contributed by atoms with Gasteiger partial charge in [0, 0.05) is 12.1 Å². The van der Waals surface area contributed by atoms with Crippen LogP contribution in [0, 0.1) is 5.82 Å². The Bertz CT molecular complexity index is 646. The fraction of sp³-hybridized carbons (Fsp3) is 0.188. The van der Waals surface area contributed by atoms with Crippen molar-refractivity contribution < 1.29 is 9.18 Å². The van der Waals surface area contributed by atoms with Gasteiger partial charge in [-0.15, -0.1) is 0 Å². The van der Waals surface area contributed by atoms with E-state index in [2.05, 4.69) is 5.32 Å². The summed E-state index contributed by atoms with van der Waals surface area (Å²) in [4.78, 5) is 11.1. The molecule has 0 bridgehead atoms. The predicted octanol–water partition coefficient (Wildman–Crippen LogP) is 2.91. The number of carbonyl (C=O) groups excluding carboxylic acids is 1. The molecule has 0 unspecified atom stereocenters. The van der Waals surface area contributed by atoms with Crippen LogP contribution in [-0.4, -0.2) is 12.5 Å². The molecule has 0 heterocycles. The summed E-state index contributed by atoms with van der Waals surface area (Å²) in [5.74, 6) is -0.841. The quantitative estimate of drug-likeness (QED) is 0.806. The molecule has 5 heteroatoms. The van der Waals surface area contributed by atoms with Crippen LogP contribution in [0.2, 0.25) is 5.02 Å². The van der Waals surface area contributed by atoms with Crippen molar-refractivity contribution in [3.05, 3.63) is 70.0 Å². The highest BCUT2D eigenvalue weighted by atomic mass is 35.5. The lowest BCUT2D eigenvalue weighted by atomic mass is 10.1. The molecule has 0 spiro atoms. The van der Waals surface area contributed by atoms with E-state index in [9.17, 15) is 9.18 Å². The highest BCUT2D eigenvalue weighted by molar-refractivity contribution is 6.30. The minimum Gasteiger partial charge on any atom is -0.366 e. The molecule has 0 aliphatic heterocycles. The van der Waals surface area contributed by atoms with Crippen molar-refractivity contribution >= 4 is 17.5 Å². The number of benzene rings is 2. The summed E-state index contributed by atoms with van der Waals surface area (Å²) in [5, 5.41) is 3.35. The van der Waals surface area contributed by atoms with Gasteiger partial charge in [0.15, 0.2) is 0 Å². The van der Waals surface area contributed by atoms with E-state index in [4.69, 9.17) is 17.3 Å². The van der Waals surface area contributed by atoms with Crippen molar-refractivity contribution in [2.75, 3.05) is 6.54 Å². The molecule has 0 fully saturated rings. The third-order valence-corrected chi connectivity index (χ3v) is 3.42. The van der Waals surface area contributed by atoms with Crippen LogP contribution >= 0.6 is 11.6 Å². The Hall–Kier alpha value is -1.91. The largest absolute Gasteiger partial charge is 0.366 e. The first-order chi connectivity index (χ1) is 10.1. The molecule has 0 aliphatic rings. The maximum Gasteiger partial charge on any atom is 0.248 e. The summed E-state index contributed by atoms with van der Waals surface area (Å²) >= 11 is 5.63. The van der Waals surface area contributed by atoms with Crippen molar-refractivity contribution in [2.45, 2.75) is 13.0 Å². The zero-order chi connectivity index (χ0) is 15.2. The Morgan fingerprint density at radius 3 is 2.71 bits per heavy atom. The fourth-order valence-corrected chi connectivity index (χ4v) is 2.11. The molecule has 1 amide bonds. The van der Waals surface area contributed by atoms with E-state index < -0.39 is 11.7 Å². The smallest absolute Gasteiger partial charge is 0.248 e. The van der Waals surface area contributed by atoms with Crippen LogP contribution in [0.5, 0.6) is 0 Å². The third-order valence-electron chi connectivity index (χ3n) is 3.12. The van der Waals surface area contributed by atoms with Crippen molar-refractivity contribution in [1.82, 2.24) is 5.32 Å². The third kappa shape index (κ3) is 4.55. The molecule has 3 nitrogen and oxygen atoms in total. The lowest BCUT2D eigenvalue weighted by Crippen LogP contribution is -2.17. The summed E-state index contributed by atoms with van der Waals surface area (Å²) < 4.78 is 13.3. The van der Waals surface area contributed by atoms with Crippen LogP contribution in [0.25, 0.3) is 0 Å². The highest BCUT2D eigenvalue weighted by Crippen LogP contribution is 2.15. The molecule has 0 radical (unpaired) electrons. The average Bonchev–Trinajstić information content (AvgIpc) is 2.47. The number of amides is 1. The van der Waals surface area contributed by atoms with Gasteiger partial charge in [0.1, 0.15) is 5.82 Å². The zero-order valence-electron chi connectivity index (χ0n) is 11.4. The molecule has 0 saturated carbocycles. The van der Waals surface area contributed by atoms with Crippen LogP contribution < -0.4 is 11.1 Å². The lowest BCUT2D eigenvalue weighted by Gasteiger charge is -2.07. The van der Waals surface area contributed by atoms with Crippen molar-refractivity contribution in [3.63, 3.8) is 0 Å². The van der Waals surface area contributed by atoms with Gasteiger partial charge >= 0.3 is 0 Å². The van der Waals surface area contributed by atoms with E-state index in [1.54, 1.807) is 24.3 Å². The van der Waals surface area contributed by atoms with E-state index in [1.807, 2.05) is 12.1 Å². The summed E-state index contributed by atoms with van der Waals surface area (Å²) in [6.07, 6.45) is 0.761. The SMILES string of the molecule is NC(=O)c1cccc(CCNCc2ccc(Cl)c(F)c2)c1.